The maximum atomic E-state index is 11.6. The van der Waals surface area contributed by atoms with Crippen LogP contribution in [0.15, 0.2) is 0 Å². The van der Waals surface area contributed by atoms with Gasteiger partial charge in [-0.3, -0.25) is 9.69 Å². The van der Waals surface area contributed by atoms with Crippen LogP contribution in [0.1, 0.15) is 39.0 Å². The quantitative estimate of drug-likeness (QED) is 0.776. The normalized spacial score (nSPS) is 37.2. The van der Waals surface area contributed by atoms with Gasteiger partial charge in [0.1, 0.15) is 5.54 Å². The molecule has 0 spiro atoms. The van der Waals surface area contributed by atoms with Crippen molar-refractivity contribution in [2.45, 2.75) is 50.7 Å². The van der Waals surface area contributed by atoms with Gasteiger partial charge in [0.2, 0.25) is 0 Å². The topological polar surface area (TPSA) is 49.8 Å². The number of carboxylic acid groups (broad SMARTS) is 1. The zero-order chi connectivity index (χ0) is 11.6. The maximum absolute atomic E-state index is 11.6. The number of aliphatic carboxylic acids is 1. The van der Waals surface area contributed by atoms with Crippen molar-refractivity contribution >= 4 is 5.97 Å². The van der Waals surface area contributed by atoms with Crippen molar-refractivity contribution in [1.82, 2.24) is 4.90 Å². The molecule has 92 valence electrons. The predicted octanol–water partition coefficient (Wildman–Crippen LogP) is 1.49. The van der Waals surface area contributed by atoms with Gasteiger partial charge in [0, 0.05) is 13.0 Å². The lowest BCUT2D eigenvalue weighted by molar-refractivity contribution is -0.164. The predicted molar refractivity (Wildman–Crippen MR) is 60.4 cm³/mol. The molecule has 0 aromatic carbocycles. The SMILES string of the molecule is CC1CC(C(=O)O)(N2CCCCC2)CCO1. The summed E-state index contributed by atoms with van der Waals surface area (Å²) < 4.78 is 5.48. The molecular weight excluding hydrogens is 206 g/mol. The highest BCUT2D eigenvalue weighted by Crippen LogP contribution is 2.33. The van der Waals surface area contributed by atoms with Crippen molar-refractivity contribution < 1.29 is 14.6 Å². The summed E-state index contributed by atoms with van der Waals surface area (Å²) in [5.41, 5.74) is -0.655. The van der Waals surface area contributed by atoms with E-state index in [0.29, 0.717) is 19.4 Å². The van der Waals surface area contributed by atoms with Gasteiger partial charge in [0.25, 0.3) is 0 Å². The van der Waals surface area contributed by atoms with Gasteiger partial charge in [-0.2, -0.15) is 0 Å². The highest BCUT2D eigenvalue weighted by molar-refractivity contribution is 5.79. The van der Waals surface area contributed by atoms with Crippen LogP contribution in [-0.4, -0.2) is 47.3 Å². The third-order valence-corrected chi connectivity index (χ3v) is 3.90. The molecule has 1 N–H and O–H groups in total. The first kappa shape index (κ1) is 11.9. The summed E-state index contributed by atoms with van der Waals surface area (Å²) in [7, 11) is 0. The number of rotatable bonds is 2. The maximum Gasteiger partial charge on any atom is 0.324 e. The van der Waals surface area contributed by atoms with E-state index in [2.05, 4.69) is 4.90 Å². The van der Waals surface area contributed by atoms with E-state index >= 15 is 0 Å². The van der Waals surface area contributed by atoms with E-state index in [1.807, 2.05) is 6.92 Å². The molecule has 2 atom stereocenters. The van der Waals surface area contributed by atoms with E-state index in [1.54, 1.807) is 0 Å². The van der Waals surface area contributed by atoms with Gasteiger partial charge >= 0.3 is 5.97 Å². The van der Waals surface area contributed by atoms with Gasteiger partial charge in [0.15, 0.2) is 0 Å². The van der Waals surface area contributed by atoms with E-state index in [-0.39, 0.29) is 6.10 Å². The van der Waals surface area contributed by atoms with Crippen LogP contribution in [0.4, 0.5) is 0 Å². The largest absolute Gasteiger partial charge is 0.480 e. The first-order chi connectivity index (χ1) is 7.65. The summed E-state index contributed by atoms with van der Waals surface area (Å²) in [4.78, 5) is 13.8. The highest BCUT2D eigenvalue weighted by atomic mass is 16.5. The van der Waals surface area contributed by atoms with Crippen molar-refractivity contribution in [2.75, 3.05) is 19.7 Å². The molecule has 0 aliphatic carbocycles. The van der Waals surface area contributed by atoms with Crippen LogP contribution >= 0.6 is 0 Å². The third-order valence-electron chi connectivity index (χ3n) is 3.90. The van der Waals surface area contributed by atoms with Crippen molar-refractivity contribution in [1.29, 1.82) is 0 Å². The van der Waals surface area contributed by atoms with Crippen molar-refractivity contribution in [3.63, 3.8) is 0 Å². The molecule has 2 heterocycles. The summed E-state index contributed by atoms with van der Waals surface area (Å²) in [6.07, 6.45) is 4.81. The van der Waals surface area contributed by atoms with Gasteiger partial charge in [-0.1, -0.05) is 6.42 Å². The lowest BCUT2D eigenvalue weighted by Crippen LogP contribution is -2.60. The van der Waals surface area contributed by atoms with E-state index in [4.69, 9.17) is 4.74 Å². The first-order valence-electron chi connectivity index (χ1n) is 6.25. The van der Waals surface area contributed by atoms with Crippen LogP contribution in [0.2, 0.25) is 0 Å². The fourth-order valence-electron chi connectivity index (χ4n) is 3.00. The molecule has 2 aliphatic heterocycles. The second-order valence-electron chi connectivity index (χ2n) is 5.02. The number of piperidine rings is 1. The molecule has 0 radical (unpaired) electrons. The molecule has 0 bridgehead atoms. The molecule has 2 unspecified atom stereocenters. The van der Waals surface area contributed by atoms with Crippen LogP contribution in [0, 0.1) is 0 Å². The molecule has 0 amide bonds. The Morgan fingerprint density at radius 2 is 2.06 bits per heavy atom. The smallest absolute Gasteiger partial charge is 0.324 e. The highest BCUT2D eigenvalue weighted by Gasteiger charge is 2.47. The molecule has 0 aromatic rings. The Morgan fingerprint density at radius 1 is 1.38 bits per heavy atom. The summed E-state index contributed by atoms with van der Waals surface area (Å²) in [5, 5.41) is 9.56. The van der Waals surface area contributed by atoms with E-state index in [0.717, 1.165) is 25.9 Å². The molecule has 0 saturated carbocycles. The minimum absolute atomic E-state index is 0.0618. The minimum atomic E-state index is -0.662. The molecular formula is C12H21NO3. The standard InChI is InChI=1S/C12H21NO3/c1-10-9-12(11(14)15,5-8-16-10)13-6-3-2-4-7-13/h10H,2-9H2,1H3,(H,14,15). The number of hydrogen-bond donors (Lipinski definition) is 1. The molecule has 4 nitrogen and oxygen atoms in total. The van der Waals surface area contributed by atoms with Gasteiger partial charge in [-0.25, -0.2) is 0 Å². The van der Waals surface area contributed by atoms with Gasteiger partial charge in [-0.15, -0.1) is 0 Å². The molecule has 2 saturated heterocycles. The van der Waals surface area contributed by atoms with Crippen molar-refractivity contribution in [3.05, 3.63) is 0 Å². The van der Waals surface area contributed by atoms with Crippen LogP contribution in [0.25, 0.3) is 0 Å². The van der Waals surface area contributed by atoms with Crippen molar-refractivity contribution in [2.24, 2.45) is 0 Å². The van der Waals surface area contributed by atoms with E-state index in [9.17, 15) is 9.90 Å². The zero-order valence-electron chi connectivity index (χ0n) is 9.95. The molecule has 2 aliphatic rings. The fraction of sp³-hybridized carbons (Fsp3) is 0.917. The Morgan fingerprint density at radius 3 is 2.62 bits per heavy atom. The minimum Gasteiger partial charge on any atom is -0.480 e. The Hall–Kier alpha value is -0.610. The fourth-order valence-corrected chi connectivity index (χ4v) is 3.00. The molecule has 0 aromatic heterocycles. The number of carboxylic acids is 1. The van der Waals surface area contributed by atoms with E-state index < -0.39 is 11.5 Å². The van der Waals surface area contributed by atoms with Crippen LogP contribution in [0.3, 0.4) is 0 Å². The number of hydrogen-bond acceptors (Lipinski definition) is 3. The number of likely N-dealkylation sites (tertiary alicyclic amines) is 1. The average Bonchev–Trinajstić information content (AvgIpc) is 2.30. The molecule has 2 rings (SSSR count). The van der Waals surface area contributed by atoms with Gasteiger partial charge in [-0.05, 0) is 39.3 Å². The molecule has 4 heteroatoms. The monoisotopic (exact) mass is 227 g/mol. The summed E-state index contributed by atoms with van der Waals surface area (Å²) in [6.45, 7) is 4.41. The second-order valence-corrected chi connectivity index (χ2v) is 5.02. The van der Waals surface area contributed by atoms with Crippen LogP contribution in [-0.2, 0) is 9.53 Å². The first-order valence-corrected chi connectivity index (χ1v) is 6.25. The Bertz CT molecular complexity index is 263. The lowest BCUT2D eigenvalue weighted by Gasteiger charge is -2.46. The van der Waals surface area contributed by atoms with Crippen molar-refractivity contribution in [3.8, 4) is 0 Å². The van der Waals surface area contributed by atoms with E-state index in [1.165, 1.54) is 6.42 Å². The van der Waals surface area contributed by atoms with Gasteiger partial charge < -0.3 is 9.84 Å². The third kappa shape index (κ3) is 2.09. The number of nitrogens with zero attached hydrogens (tertiary/aromatic N) is 1. The molecule has 2 fully saturated rings. The average molecular weight is 227 g/mol. The Kier molecular flexibility index (Phi) is 3.50. The Balaban J connectivity index is 2.16. The molecule has 16 heavy (non-hydrogen) atoms. The zero-order valence-corrected chi connectivity index (χ0v) is 9.95. The van der Waals surface area contributed by atoms with Crippen LogP contribution < -0.4 is 0 Å². The lowest BCUT2D eigenvalue weighted by atomic mass is 9.84. The number of ether oxygens (including phenoxy) is 1. The summed E-state index contributed by atoms with van der Waals surface area (Å²) in [6, 6.07) is 0. The Labute approximate surface area is 96.6 Å². The second kappa shape index (κ2) is 4.72. The summed E-state index contributed by atoms with van der Waals surface area (Å²) in [5.74, 6) is -0.662. The van der Waals surface area contributed by atoms with Crippen LogP contribution in [0.5, 0.6) is 0 Å². The van der Waals surface area contributed by atoms with Gasteiger partial charge in [0.05, 0.1) is 6.10 Å². The summed E-state index contributed by atoms with van der Waals surface area (Å²) >= 11 is 0. The number of carbonyl (C=O) groups is 1.